The number of ether oxygens (including phenoxy) is 2. The molecule has 1 aliphatic rings. The van der Waals surface area contributed by atoms with E-state index < -0.39 is 0 Å². The molecule has 0 radical (unpaired) electrons. The Labute approximate surface area is 89.8 Å². The minimum absolute atomic E-state index is 0.0548. The van der Waals surface area contributed by atoms with E-state index in [0.717, 1.165) is 13.0 Å². The normalized spacial score (nSPS) is 20.7. The van der Waals surface area contributed by atoms with Crippen LogP contribution in [0.25, 0.3) is 0 Å². The lowest BCUT2D eigenvalue weighted by Crippen LogP contribution is -2.48. The average Bonchev–Trinajstić information content (AvgIpc) is 2.30. The second kappa shape index (κ2) is 7.25. The fourth-order valence-electron chi connectivity index (χ4n) is 1.30. The molecule has 86 valence electrons. The minimum atomic E-state index is -0.348. The van der Waals surface area contributed by atoms with Crippen LogP contribution in [-0.4, -0.2) is 44.9 Å². The second-order valence-corrected chi connectivity index (χ2v) is 3.25. The van der Waals surface area contributed by atoms with Crippen molar-refractivity contribution in [3.8, 4) is 0 Å². The maximum atomic E-state index is 11.5. The molecule has 1 fully saturated rings. The van der Waals surface area contributed by atoms with Gasteiger partial charge in [-0.3, -0.25) is 4.79 Å². The lowest BCUT2D eigenvalue weighted by Gasteiger charge is -2.22. The van der Waals surface area contributed by atoms with Gasteiger partial charge in [-0.25, -0.2) is 0 Å². The standard InChI is InChI=1S/C10H18N2O3/c1-2-14-6-3-4-12-10(13)9-8-11-5-7-15-9/h2,9,11H,1,3-8H2,(H,12,13). The third kappa shape index (κ3) is 4.80. The van der Waals surface area contributed by atoms with Gasteiger partial charge in [0, 0.05) is 19.6 Å². The summed E-state index contributed by atoms with van der Waals surface area (Å²) in [6.45, 7) is 6.61. The van der Waals surface area contributed by atoms with Gasteiger partial charge in [-0.05, 0) is 6.42 Å². The number of hydrogen-bond donors (Lipinski definition) is 2. The van der Waals surface area contributed by atoms with Gasteiger partial charge in [0.1, 0.15) is 6.10 Å². The summed E-state index contributed by atoms with van der Waals surface area (Å²) in [4.78, 5) is 11.5. The van der Waals surface area contributed by atoms with E-state index in [-0.39, 0.29) is 12.0 Å². The summed E-state index contributed by atoms with van der Waals surface area (Å²) in [5, 5.41) is 5.90. The summed E-state index contributed by atoms with van der Waals surface area (Å²) in [6, 6.07) is 0. The number of carbonyl (C=O) groups is 1. The van der Waals surface area contributed by atoms with Crippen LogP contribution in [0, 0.1) is 0 Å². The smallest absolute Gasteiger partial charge is 0.250 e. The molecule has 5 nitrogen and oxygen atoms in total. The van der Waals surface area contributed by atoms with Gasteiger partial charge in [0.25, 0.3) is 0 Å². The summed E-state index contributed by atoms with van der Waals surface area (Å²) in [7, 11) is 0. The zero-order valence-electron chi connectivity index (χ0n) is 8.83. The molecule has 1 amide bonds. The van der Waals surface area contributed by atoms with Gasteiger partial charge in [-0.2, -0.15) is 0 Å². The largest absolute Gasteiger partial charge is 0.502 e. The molecule has 5 heteroatoms. The maximum Gasteiger partial charge on any atom is 0.250 e. The van der Waals surface area contributed by atoms with E-state index in [1.54, 1.807) is 0 Å². The maximum absolute atomic E-state index is 11.5. The molecule has 0 saturated carbocycles. The number of carbonyl (C=O) groups excluding carboxylic acids is 1. The number of morpholine rings is 1. The van der Waals surface area contributed by atoms with Crippen molar-refractivity contribution in [3.63, 3.8) is 0 Å². The zero-order chi connectivity index (χ0) is 10.9. The van der Waals surface area contributed by atoms with Crippen LogP contribution in [-0.2, 0) is 14.3 Å². The van der Waals surface area contributed by atoms with Crippen molar-refractivity contribution in [3.05, 3.63) is 12.8 Å². The molecular formula is C10H18N2O3. The summed E-state index contributed by atoms with van der Waals surface area (Å²) >= 11 is 0. The van der Waals surface area contributed by atoms with E-state index in [1.807, 2.05) is 0 Å². The summed E-state index contributed by atoms with van der Waals surface area (Å²) in [5.74, 6) is -0.0548. The highest BCUT2D eigenvalue weighted by atomic mass is 16.5. The highest BCUT2D eigenvalue weighted by molar-refractivity contribution is 5.81. The van der Waals surface area contributed by atoms with Crippen molar-refractivity contribution >= 4 is 5.91 Å². The molecule has 1 unspecified atom stereocenters. The lowest BCUT2D eigenvalue weighted by atomic mass is 10.3. The van der Waals surface area contributed by atoms with Crippen LogP contribution in [0.5, 0.6) is 0 Å². The second-order valence-electron chi connectivity index (χ2n) is 3.25. The molecule has 15 heavy (non-hydrogen) atoms. The molecule has 1 rings (SSSR count). The number of hydrogen-bond acceptors (Lipinski definition) is 4. The Morgan fingerprint density at radius 2 is 2.60 bits per heavy atom. The highest BCUT2D eigenvalue weighted by Gasteiger charge is 2.20. The first-order chi connectivity index (χ1) is 7.34. The van der Waals surface area contributed by atoms with Gasteiger partial charge in [0.2, 0.25) is 5.91 Å². The first kappa shape index (κ1) is 12.0. The predicted octanol–water partition coefficient (Wildman–Crippen LogP) is -0.359. The van der Waals surface area contributed by atoms with E-state index in [9.17, 15) is 4.79 Å². The number of nitrogens with one attached hydrogen (secondary N) is 2. The molecule has 0 aromatic heterocycles. The van der Waals surface area contributed by atoms with E-state index >= 15 is 0 Å². The van der Waals surface area contributed by atoms with E-state index in [0.29, 0.717) is 26.3 Å². The molecule has 0 aromatic rings. The SMILES string of the molecule is C=COCCCNC(=O)C1CNCCO1. The third-order valence-corrected chi connectivity index (χ3v) is 2.08. The average molecular weight is 214 g/mol. The van der Waals surface area contributed by atoms with Crippen LogP contribution in [0.3, 0.4) is 0 Å². The first-order valence-corrected chi connectivity index (χ1v) is 5.17. The van der Waals surface area contributed by atoms with Crippen LogP contribution in [0.2, 0.25) is 0 Å². The Morgan fingerprint density at radius 1 is 1.73 bits per heavy atom. The number of amides is 1. The monoisotopic (exact) mass is 214 g/mol. The third-order valence-electron chi connectivity index (χ3n) is 2.08. The molecule has 0 aromatic carbocycles. The molecule has 2 N–H and O–H groups in total. The fourth-order valence-corrected chi connectivity index (χ4v) is 1.30. The van der Waals surface area contributed by atoms with Gasteiger partial charge in [0.15, 0.2) is 0 Å². The predicted molar refractivity (Wildman–Crippen MR) is 56.4 cm³/mol. The molecule has 1 heterocycles. The van der Waals surface area contributed by atoms with Gasteiger partial charge >= 0.3 is 0 Å². The zero-order valence-corrected chi connectivity index (χ0v) is 8.83. The highest BCUT2D eigenvalue weighted by Crippen LogP contribution is 1.95. The van der Waals surface area contributed by atoms with Crippen molar-refractivity contribution in [1.29, 1.82) is 0 Å². The lowest BCUT2D eigenvalue weighted by molar-refractivity contribution is -0.134. The van der Waals surface area contributed by atoms with Gasteiger partial charge < -0.3 is 20.1 Å². The quantitative estimate of drug-likeness (QED) is 0.468. The fraction of sp³-hybridized carbons (Fsp3) is 0.700. The van der Waals surface area contributed by atoms with Crippen LogP contribution in [0.4, 0.5) is 0 Å². The van der Waals surface area contributed by atoms with E-state index in [2.05, 4.69) is 17.2 Å². The molecular weight excluding hydrogens is 196 g/mol. The van der Waals surface area contributed by atoms with Crippen molar-refractivity contribution < 1.29 is 14.3 Å². The topological polar surface area (TPSA) is 59.6 Å². The van der Waals surface area contributed by atoms with Gasteiger partial charge in [0.05, 0.1) is 19.5 Å². The van der Waals surface area contributed by atoms with Gasteiger partial charge in [-0.1, -0.05) is 6.58 Å². The summed E-state index contributed by atoms with van der Waals surface area (Å²) in [6.07, 6.45) is 1.83. The Morgan fingerprint density at radius 3 is 3.27 bits per heavy atom. The first-order valence-electron chi connectivity index (χ1n) is 5.17. The van der Waals surface area contributed by atoms with Crippen LogP contribution >= 0.6 is 0 Å². The summed E-state index contributed by atoms with van der Waals surface area (Å²) < 4.78 is 10.2. The molecule has 0 bridgehead atoms. The van der Waals surface area contributed by atoms with Crippen LogP contribution in [0.15, 0.2) is 12.8 Å². The van der Waals surface area contributed by atoms with E-state index in [1.165, 1.54) is 6.26 Å². The van der Waals surface area contributed by atoms with Crippen LogP contribution in [0.1, 0.15) is 6.42 Å². The van der Waals surface area contributed by atoms with E-state index in [4.69, 9.17) is 9.47 Å². The molecule has 0 aliphatic carbocycles. The molecule has 1 aliphatic heterocycles. The minimum Gasteiger partial charge on any atom is -0.502 e. The Hall–Kier alpha value is -1.07. The van der Waals surface area contributed by atoms with Crippen molar-refractivity contribution in [2.24, 2.45) is 0 Å². The van der Waals surface area contributed by atoms with Crippen LogP contribution < -0.4 is 10.6 Å². The molecule has 1 atom stereocenters. The summed E-state index contributed by atoms with van der Waals surface area (Å²) in [5.41, 5.74) is 0. The number of rotatable bonds is 6. The Kier molecular flexibility index (Phi) is 5.80. The molecule has 0 spiro atoms. The van der Waals surface area contributed by atoms with Crippen molar-refractivity contribution in [2.75, 3.05) is 32.8 Å². The van der Waals surface area contributed by atoms with Crippen molar-refractivity contribution in [1.82, 2.24) is 10.6 Å². The Balaban J connectivity index is 2.04. The molecule has 1 saturated heterocycles. The van der Waals surface area contributed by atoms with Crippen molar-refractivity contribution in [2.45, 2.75) is 12.5 Å². The Bertz CT molecular complexity index is 203. The van der Waals surface area contributed by atoms with Gasteiger partial charge in [-0.15, -0.1) is 0 Å².